The van der Waals surface area contributed by atoms with Crippen LogP contribution in [0.2, 0.25) is 5.02 Å². The maximum absolute atomic E-state index is 12.8. The number of rotatable bonds is 4. The van der Waals surface area contributed by atoms with Gasteiger partial charge >= 0.3 is 0 Å². The highest BCUT2D eigenvalue weighted by atomic mass is 35.5. The highest BCUT2D eigenvalue weighted by Crippen LogP contribution is 2.36. The minimum Gasteiger partial charge on any atom is -0.497 e. The van der Waals surface area contributed by atoms with Crippen molar-refractivity contribution in [2.24, 2.45) is 0 Å². The molecule has 1 saturated heterocycles. The molecule has 0 aliphatic carbocycles. The lowest BCUT2D eigenvalue weighted by atomic mass is 9.86. The molecule has 1 aromatic heterocycles. The van der Waals surface area contributed by atoms with Crippen molar-refractivity contribution in [3.05, 3.63) is 52.8 Å². The van der Waals surface area contributed by atoms with Crippen LogP contribution in [0, 0.1) is 0 Å². The Balaban J connectivity index is 1.86. The standard InChI is InChI=1S/C18H21ClN2O3/c1-18(23,12-5-7-14(24-2)8-6-12)16-4-3-9-21(16)17(22)15-10-13(19)11-20-15/h5-8,10-11,16,20,23H,3-4,9H2,1-2H3/t16-,18-/m1/s1. The summed E-state index contributed by atoms with van der Waals surface area (Å²) >= 11 is 5.90. The fraction of sp³-hybridized carbons (Fsp3) is 0.389. The van der Waals surface area contributed by atoms with Gasteiger partial charge in [-0.3, -0.25) is 4.79 Å². The Morgan fingerprint density at radius 3 is 2.71 bits per heavy atom. The molecule has 1 aromatic carbocycles. The number of H-pyrrole nitrogens is 1. The molecule has 0 unspecified atom stereocenters. The number of hydrogen-bond acceptors (Lipinski definition) is 3. The summed E-state index contributed by atoms with van der Waals surface area (Å²) in [5.41, 5.74) is 0.0596. The van der Waals surface area contributed by atoms with Gasteiger partial charge in [0.15, 0.2) is 0 Å². The summed E-state index contributed by atoms with van der Waals surface area (Å²) < 4.78 is 5.16. The van der Waals surface area contributed by atoms with Gasteiger partial charge in [0.2, 0.25) is 0 Å². The number of carbonyl (C=O) groups excluding carboxylic acids is 1. The minimum absolute atomic E-state index is 0.141. The van der Waals surface area contributed by atoms with Crippen LogP contribution in [0.1, 0.15) is 35.8 Å². The van der Waals surface area contributed by atoms with Gasteiger partial charge in [-0.05, 0) is 43.5 Å². The molecular weight excluding hydrogens is 328 g/mol. The second kappa shape index (κ2) is 6.49. The number of likely N-dealkylation sites (tertiary alicyclic amines) is 1. The SMILES string of the molecule is COc1ccc([C@@](C)(O)[C@H]2CCCN2C(=O)c2cc(Cl)c[nH]2)cc1. The van der Waals surface area contributed by atoms with Crippen LogP contribution in [-0.2, 0) is 5.60 Å². The van der Waals surface area contributed by atoms with Crippen LogP contribution in [0.4, 0.5) is 0 Å². The number of aromatic nitrogens is 1. The number of amides is 1. The van der Waals surface area contributed by atoms with Crippen molar-refractivity contribution in [1.82, 2.24) is 9.88 Å². The summed E-state index contributed by atoms with van der Waals surface area (Å²) in [4.78, 5) is 17.4. The first kappa shape index (κ1) is 16.9. The van der Waals surface area contributed by atoms with Crippen molar-refractivity contribution in [1.29, 1.82) is 0 Å². The van der Waals surface area contributed by atoms with Crippen LogP contribution in [0.5, 0.6) is 5.75 Å². The third kappa shape index (κ3) is 3.01. The van der Waals surface area contributed by atoms with Crippen LogP contribution in [0.3, 0.4) is 0 Å². The Bertz CT molecular complexity index is 724. The summed E-state index contributed by atoms with van der Waals surface area (Å²) in [6.45, 7) is 2.37. The number of hydrogen-bond donors (Lipinski definition) is 2. The van der Waals surface area contributed by atoms with Gasteiger partial charge < -0.3 is 19.7 Å². The fourth-order valence-electron chi connectivity index (χ4n) is 3.36. The number of carbonyl (C=O) groups is 1. The van der Waals surface area contributed by atoms with Crippen LogP contribution < -0.4 is 4.74 Å². The molecule has 0 radical (unpaired) electrons. The fourth-order valence-corrected chi connectivity index (χ4v) is 3.52. The molecule has 1 aliphatic heterocycles. The van der Waals surface area contributed by atoms with Crippen molar-refractivity contribution in [2.45, 2.75) is 31.4 Å². The van der Waals surface area contributed by atoms with E-state index in [-0.39, 0.29) is 11.9 Å². The second-order valence-corrected chi connectivity index (χ2v) is 6.70. The van der Waals surface area contributed by atoms with E-state index in [4.69, 9.17) is 16.3 Å². The zero-order valence-corrected chi connectivity index (χ0v) is 14.5. The molecule has 24 heavy (non-hydrogen) atoms. The zero-order valence-electron chi connectivity index (χ0n) is 13.8. The molecular formula is C18H21ClN2O3. The van der Waals surface area contributed by atoms with Gasteiger partial charge in [0.1, 0.15) is 17.0 Å². The molecule has 5 nitrogen and oxygen atoms in total. The number of benzene rings is 1. The van der Waals surface area contributed by atoms with Gasteiger partial charge in [-0.25, -0.2) is 0 Å². The average molecular weight is 349 g/mol. The van der Waals surface area contributed by atoms with E-state index in [1.54, 1.807) is 31.2 Å². The topological polar surface area (TPSA) is 65.6 Å². The maximum atomic E-state index is 12.8. The second-order valence-electron chi connectivity index (χ2n) is 6.26. The summed E-state index contributed by atoms with van der Waals surface area (Å²) in [5.74, 6) is 0.591. The van der Waals surface area contributed by atoms with Crippen molar-refractivity contribution in [2.75, 3.05) is 13.7 Å². The van der Waals surface area contributed by atoms with Crippen molar-refractivity contribution < 1.29 is 14.6 Å². The van der Waals surface area contributed by atoms with E-state index in [1.807, 2.05) is 24.3 Å². The lowest BCUT2D eigenvalue weighted by molar-refractivity contribution is -0.0178. The van der Waals surface area contributed by atoms with Gasteiger partial charge in [-0.2, -0.15) is 0 Å². The first-order chi connectivity index (χ1) is 11.4. The maximum Gasteiger partial charge on any atom is 0.270 e. The highest BCUT2D eigenvalue weighted by molar-refractivity contribution is 6.30. The van der Waals surface area contributed by atoms with E-state index in [0.29, 0.717) is 17.3 Å². The van der Waals surface area contributed by atoms with E-state index in [0.717, 1.165) is 24.2 Å². The zero-order chi connectivity index (χ0) is 17.3. The van der Waals surface area contributed by atoms with Crippen molar-refractivity contribution in [3.63, 3.8) is 0 Å². The monoisotopic (exact) mass is 348 g/mol. The normalized spacial score (nSPS) is 20.0. The first-order valence-electron chi connectivity index (χ1n) is 7.95. The molecule has 2 aromatic rings. The van der Waals surface area contributed by atoms with Gasteiger partial charge in [0.05, 0.1) is 18.2 Å². The Kier molecular flexibility index (Phi) is 4.56. The van der Waals surface area contributed by atoms with Gasteiger partial charge in [0, 0.05) is 12.7 Å². The number of nitrogens with one attached hydrogen (secondary N) is 1. The Hall–Kier alpha value is -1.98. The quantitative estimate of drug-likeness (QED) is 0.891. The molecule has 1 amide bonds. The minimum atomic E-state index is -1.14. The lowest BCUT2D eigenvalue weighted by Gasteiger charge is -2.36. The molecule has 2 N–H and O–H groups in total. The predicted octanol–water partition coefficient (Wildman–Crippen LogP) is 3.19. The largest absolute Gasteiger partial charge is 0.497 e. The van der Waals surface area contributed by atoms with E-state index in [1.165, 1.54) is 0 Å². The van der Waals surface area contributed by atoms with E-state index >= 15 is 0 Å². The van der Waals surface area contributed by atoms with Gasteiger partial charge in [0.25, 0.3) is 5.91 Å². The lowest BCUT2D eigenvalue weighted by Crippen LogP contribution is -2.48. The van der Waals surface area contributed by atoms with Crippen molar-refractivity contribution >= 4 is 17.5 Å². The average Bonchev–Trinajstić information content (AvgIpc) is 3.23. The molecule has 0 saturated carbocycles. The molecule has 2 heterocycles. The number of ether oxygens (including phenoxy) is 1. The Morgan fingerprint density at radius 1 is 1.42 bits per heavy atom. The smallest absolute Gasteiger partial charge is 0.270 e. The van der Waals surface area contributed by atoms with Crippen LogP contribution in [0.25, 0.3) is 0 Å². The number of aromatic amines is 1. The molecule has 0 spiro atoms. The van der Waals surface area contributed by atoms with Crippen LogP contribution in [0.15, 0.2) is 36.5 Å². The molecule has 128 valence electrons. The third-order valence-electron chi connectivity index (χ3n) is 4.72. The first-order valence-corrected chi connectivity index (χ1v) is 8.33. The Labute approximate surface area is 146 Å². The van der Waals surface area contributed by atoms with E-state index in [9.17, 15) is 9.90 Å². The number of nitrogens with zero attached hydrogens (tertiary/aromatic N) is 1. The van der Waals surface area contributed by atoms with Gasteiger partial charge in [-0.15, -0.1) is 0 Å². The highest BCUT2D eigenvalue weighted by Gasteiger charge is 2.43. The molecule has 1 fully saturated rings. The van der Waals surface area contributed by atoms with Crippen molar-refractivity contribution in [3.8, 4) is 5.75 Å². The molecule has 0 bridgehead atoms. The number of halogens is 1. The summed E-state index contributed by atoms with van der Waals surface area (Å²) in [7, 11) is 1.60. The molecule has 2 atom stereocenters. The summed E-state index contributed by atoms with van der Waals surface area (Å²) in [6.07, 6.45) is 3.19. The number of aliphatic hydroxyl groups is 1. The third-order valence-corrected chi connectivity index (χ3v) is 4.93. The summed E-state index contributed by atoms with van der Waals surface area (Å²) in [5, 5.41) is 11.6. The van der Waals surface area contributed by atoms with E-state index < -0.39 is 5.60 Å². The Morgan fingerprint density at radius 2 is 2.12 bits per heavy atom. The molecule has 3 rings (SSSR count). The molecule has 6 heteroatoms. The predicted molar refractivity (Wildman–Crippen MR) is 92.4 cm³/mol. The number of methoxy groups -OCH3 is 1. The summed E-state index contributed by atoms with van der Waals surface area (Å²) in [6, 6.07) is 8.63. The molecule has 1 aliphatic rings. The van der Waals surface area contributed by atoms with E-state index in [2.05, 4.69) is 4.98 Å². The van der Waals surface area contributed by atoms with Crippen LogP contribution >= 0.6 is 11.6 Å². The van der Waals surface area contributed by atoms with Crippen LogP contribution in [-0.4, -0.2) is 40.6 Å². The van der Waals surface area contributed by atoms with Gasteiger partial charge in [-0.1, -0.05) is 23.7 Å².